The number of hydrogen-bond acceptors (Lipinski definition) is 1. The lowest BCUT2D eigenvalue weighted by Gasteiger charge is -2.29. The summed E-state index contributed by atoms with van der Waals surface area (Å²) in [4.78, 5) is 4.59. The number of rotatable bonds is 4. The maximum atomic E-state index is 4.59. The summed E-state index contributed by atoms with van der Waals surface area (Å²) in [6.07, 6.45) is 10.9. The van der Waals surface area contributed by atoms with Crippen LogP contribution in [0.3, 0.4) is 0 Å². The summed E-state index contributed by atoms with van der Waals surface area (Å²) in [5, 5.41) is 5.65. The van der Waals surface area contributed by atoms with Crippen molar-refractivity contribution < 1.29 is 0 Å². The first-order valence-corrected chi connectivity index (χ1v) is 13.9. The molecule has 0 radical (unpaired) electrons. The molecule has 0 fully saturated rings. The fourth-order valence-corrected chi connectivity index (χ4v) is 10.8. The van der Waals surface area contributed by atoms with Crippen LogP contribution in [0.15, 0.2) is 140 Å². The van der Waals surface area contributed by atoms with Crippen molar-refractivity contribution in [3.8, 4) is 22.6 Å². The number of aromatic nitrogens is 3. The van der Waals surface area contributed by atoms with Gasteiger partial charge in [-0.25, -0.2) is 4.98 Å². The third kappa shape index (κ3) is 2.94. The second-order valence-electron chi connectivity index (χ2n) is 8.98. The smallest absolute Gasteiger partial charge is 0.183 e. The highest BCUT2D eigenvalue weighted by molar-refractivity contribution is 7.22. The highest BCUT2D eigenvalue weighted by Gasteiger charge is 2.49. The molecular weight excluding hydrogens is 442 g/mol. The molecule has 7 rings (SSSR count). The van der Waals surface area contributed by atoms with Crippen molar-refractivity contribution in [2.45, 2.75) is 0 Å². The minimum absolute atomic E-state index is 0.935. The molecule has 0 atom stereocenters. The van der Waals surface area contributed by atoms with Crippen LogP contribution < -0.4 is 20.7 Å². The largest absolute Gasteiger partial charge is 0.324 e. The van der Waals surface area contributed by atoms with Gasteiger partial charge in [0, 0.05) is 36.7 Å². The van der Waals surface area contributed by atoms with E-state index in [-0.39, 0.29) is 0 Å². The maximum Gasteiger partial charge on any atom is 0.183 e. The molecule has 3 nitrogen and oxygen atoms in total. The van der Waals surface area contributed by atoms with E-state index in [0.717, 1.165) is 5.82 Å². The van der Waals surface area contributed by atoms with Gasteiger partial charge >= 0.3 is 0 Å². The summed E-state index contributed by atoms with van der Waals surface area (Å²) >= 11 is 0. The number of para-hydroxylation sites is 1. The van der Waals surface area contributed by atoms with Gasteiger partial charge in [0.25, 0.3) is 0 Å². The van der Waals surface area contributed by atoms with E-state index in [1.165, 1.54) is 37.6 Å². The van der Waals surface area contributed by atoms with Crippen LogP contribution in [0.2, 0.25) is 0 Å². The highest BCUT2D eigenvalue weighted by Crippen LogP contribution is 2.28. The van der Waals surface area contributed by atoms with E-state index in [9.17, 15) is 0 Å². The standard InChI is InChI=1S/C31H23N3Si/c1-2-10-24(11-3-1)33-20-17-25(22-33)35(26-18-21-34(23-26)31-16-8-9-19-32-31)29-14-6-4-12-27(29)28-13-5-7-15-30(28)35/h1-23H. The lowest BCUT2D eigenvalue weighted by molar-refractivity contribution is 1.01. The van der Waals surface area contributed by atoms with E-state index >= 15 is 0 Å². The molecule has 0 spiro atoms. The first-order valence-electron chi connectivity index (χ1n) is 11.9. The van der Waals surface area contributed by atoms with Gasteiger partial charge < -0.3 is 9.13 Å². The molecule has 0 aliphatic carbocycles. The van der Waals surface area contributed by atoms with Gasteiger partial charge in [-0.05, 0) is 68.3 Å². The van der Waals surface area contributed by atoms with Crippen molar-refractivity contribution in [3.63, 3.8) is 0 Å². The van der Waals surface area contributed by atoms with Gasteiger partial charge in [0.05, 0.1) is 0 Å². The summed E-state index contributed by atoms with van der Waals surface area (Å²) < 4.78 is 4.41. The zero-order valence-corrected chi connectivity index (χ0v) is 20.1. The van der Waals surface area contributed by atoms with Crippen LogP contribution in [0.1, 0.15) is 0 Å². The lowest BCUT2D eigenvalue weighted by atomic mass is 10.1. The normalized spacial score (nSPS) is 13.4. The predicted octanol–water partition coefficient (Wildman–Crippen LogP) is 4.02. The Balaban J connectivity index is 1.52. The minimum atomic E-state index is -2.52. The molecule has 0 bridgehead atoms. The van der Waals surface area contributed by atoms with Crippen molar-refractivity contribution in [1.82, 2.24) is 14.1 Å². The van der Waals surface area contributed by atoms with Gasteiger partial charge in [-0.2, -0.15) is 0 Å². The topological polar surface area (TPSA) is 22.8 Å². The Morgan fingerprint density at radius 1 is 0.514 bits per heavy atom. The van der Waals surface area contributed by atoms with E-state index in [1.54, 1.807) is 0 Å². The Morgan fingerprint density at radius 2 is 1.09 bits per heavy atom. The van der Waals surface area contributed by atoms with Gasteiger partial charge in [-0.15, -0.1) is 0 Å². The first kappa shape index (κ1) is 20.0. The fraction of sp³-hybridized carbons (Fsp3) is 0. The monoisotopic (exact) mass is 465 g/mol. The van der Waals surface area contributed by atoms with Crippen LogP contribution in [0, 0.1) is 0 Å². The second-order valence-corrected chi connectivity index (χ2v) is 12.7. The average Bonchev–Trinajstić information content (AvgIpc) is 3.67. The van der Waals surface area contributed by atoms with Crippen LogP contribution in [-0.4, -0.2) is 22.2 Å². The van der Waals surface area contributed by atoms with E-state index in [1.807, 2.05) is 18.3 Å². The molecule has 6 aromatic rings. The molecule has 4 heteroatoms. The highest BCUT2D eigenvalue weighted by atomic mass is 28.3. The van der Waals surface area contributed by atoms with Crippen LogP contribution in [0.5, 0.6) is 0 Å². The molecule has 0 amide bonds. The Kier molecular flexibility index (Phi) is 4.47. The average molecular weight is 466 g/mol. The first-order chi connectivity index (χ1) is 17.4. The number of hydrogen-bond donors (Lipinski definition) is 0. The molecule has 0 N–H and O–H groups in total. The van der Waals surface area contributed by atoms with Crippen molar-refractivity contribution in [2.75, 3.05) is 0 Å². The molecule has 0 unspecified atom stereocenters. The SMILES string of the molecule is c1ccc(-n2ccc([Si]3(c4ccn(-c5ccccn5)c4)c4ccccc4-c4ccccc43)c2)cc1. The summed E-state index contributed by atoms with van der Waals surface area (Å²) in [6.45, 7) is 0. The van der Waals surface area contributed by atoms with Gasteiger partial charge in [-0.3, -0.25) is 0 Å². The zero-order chi connectivity index (χ0) is 23.2. The molecule has 166 valence electrons. The molecule has 1 aliphatic rings. The Bertz CT molecular complexity index is 1520. The van der Waals surface area contributed by atoms with E-state index in [2.05, 4.69) is 136 Å². The van der Waals surface area contributed by atoms with E-state index in [4.69, 9.17) is 0 Å². The Labute approximate surface area is 205 Å². The van der Waals surface area contributed by atoms with Gasteiger partial charge in [0.2, 0.25) is 0 Å². The van der Waals surface area contributed by atoms with Crippen LogP contribution in [-0.2, 0) is 0 Å². The quantitative estimate of drug-likeness (QED) is 0.360. The number of benzene rings is 3. The fourth-order valence-electron chi connectivity index (χ4n) is 5.67. The van der Waals surface area contributed by atoms with Crippen molar-refractivity contribution in [1.29, 1.82) is 0 Å². The molecule has 35 heavy (non-hydrogen) atoms. The maximum absolute atomic E-state index is 4.59. The summed E-state index contributed by atoms with van der Waals surface area (Å²) in [7, 11) is -2.52. The molecule has 3 aromatic heterocycles. The summed E-state index contributed by atoms with van der Waals surface area (Å²) in [5.41, 5.74) is 3.88. The van der Waals surface area contributed by atoms with Crippen molar-refractivity contribution >= 4 is 28.8 Å². The van der Waals surface area contributed by atoms with Gasteiger partial charge in [0.15, 0.2) is 8.07 Å². The molecule has 0 saturated heterocycles. The summed E-state index contributed by atoms with van der Waals surface area (Å²) in [6, 6.07) is 39.2. The van der Waals surface area contributed by atoms with E-state index < -0.39 is 8.07 Å². The lowest BCUT2D eigenvalue weighted by Crippen LogP contribution is -2.72. The van der Waals surface area contributed by atoms with Crippen LogP contribution in [0.4, 0.5) is 0 Å². The van der Waals surface area contributed by atoms with Crippen molar-refractivity contribution in [3.05, 3.63) is 140 Å². The number of pyridine rings is 1. The van der Waals surface area contributed by atoms with E-state index in [0.29, 0.717) is 0 Å². The molecule has 4 heterocycles. The van der Waals surface area contributed by atoms with Crippen LogP contribution in [0.25, 0.3) is 22.6 Å². The third-order valence-electron chi connectivity index (χ3n) is 7.17. The van der Waals surface area contributed by atoms with Crippen LogP contribution >= 0.6 is 0 Å². The third-order valence-corrected chi connectivity index (χ3v) is 12.0. The van der Waals surface area contributed by atoms with Gasteiger partial charge in [0.1, 0.15) is 5.82 Å². The predicted molar refractivity (Wildman–Crippen MR) is 146 cm³/mol. The Morgan fingerprint density at radius 3 is 1.74 bits per heavy atom. The molecule has 0 saturated carbocycles. The van der Waals surface area contributed by atoms with Crippen molar-refractivity contribution in [2.24, 2.45) is 0 Å². The molecule has 1 aliphatic heterocycles. The van der Waals surface area contributed by atoms with Gasteiger partial charge in [-0.1, -0.05) is 72.8 Å². The molecular formula is C31H23N3Si. The minimum Gasteiger partial charge on any atom is -0.324 e. The second kappa shape index (κ2) is 7.83. The molecule has 3 aromatic carbocycles. The number of nitrogens with zero attached hydrogens (tertiary/aromatic N) is 3. The zero-order valence-electron chi connectivity index (χ0n) is 19.1. The Hall–Kier alpha value is -4.41. The number of fused-ring (bicyclic) bond motifs is 3. The summed E-state index contributed by atoms with van der Waals surface area (Å²) in [5.74, 6) is 0.935.